The maximum atomic E-state index is 11.3. The third kappa shape index (κ3) is 11.4. The summed E-state index contributed by atoms with van der Waals surface area (Å²) >= 11 is 0. The Bertz CT molecular complexity index is 1350. The van der Waals surface area contributed by atoms with E-state index in [1.165, 1.54) is 36.7 Å². The van der Waals surface area contributed by atoms with Crippen molar-refractivity contribution in [3.63, 3.8) is 0 Å². The number of pyridine rings is 1. The van der Waals surface area contributed by atoms with Crippen LogP contribution in [0.5, 0.6) is 5.75 Å². The summed E-state index contributed by atoms with van der Waals surface area (Å²) in [6.07, 6.45) is 2.04. The maximum Gasteiger partial charge on any atom is 0.352 e. The molecule has 0 spiro atoms. The summed E-state index contributed by atoms with van der Waals surface area (Å²) in [6.45, 7) is 0. The van der Waals surface area contributed by atoms with E-state index in [0.29, 0.717) is 0 Å². The second-order valence-corrected chi connectivity index (χ2v) is 6.53. The molecule has 0 bridgehead atoms. The van der Waals surface area contributed by atoms with Crippen LogP contribution in [0.25, 0.3) is 0 Å². The van der Waals surface area contributed by atoms with Crippen LogP contribution in [-0.4, -0.2) is 65.2 Å². The van der Waals surface area contributed by atoms with E-state index in [4.69, 9.17) is 20.4 Å². The van der Waals surface area contributed by atoms with Crippen LogP contribution in [0.4, 0.5) is 0 Å². The standard InChI is InChI=1S/C10H9NO5.C7H6O3.C5H4N2O4/c12-8(13)3-4-9(14)16-10(15)7-2-1-5-11-6-7;8-6-4-2-1-3-5(6)7(9)10;8-3-1-2(4(9)10)6-5(11)7-3/h1-2,5-6H,3-4H2,(H,12,13);1-4,8H,(H,9,10);1H,(H,9,10)(H2,6,7,8,11). The van der Waals surface area contributed by atoms with Gasteiger partial charge in [-0.2, -0.15) is 0 Å². The number of carboxylic acids is 3. The van der Waals surface area contributed by atoms with Crippen molar-refractivity contribution in [2.45, 2.75) is 12.8 Å². The zero-order valence-corrected chi connectivity index (χ0v) is 18.6. The number of rotatable bonds is 6. The Balaban J connectivity index is 0.000000288. The number of aromatic hydroxyl groups is 1. The van der Waals surface area contributed by atoms with Gasteiger partial charge in [0.15, 0.2) is 0 Å². The Labute approximate surface area is 205 Å². The lowest BCUT2D eigenvalue weighted by molar-refractivity contribution is -0.144. The predicted octanol–water partition coefficient (Wildman–Crippen LogP) is 0.482. The van der Waals surface area contributed by atoms with Crippen molar-refractivity contribution < 1.29 is 49.1 Å². The van der Waals surface area contributed by atoms with Crippen molar-refractivity contribution in [3.8, 4) is 5.75 Å². The largest absolute Gasteiger partial charge is 0.507 e. The molecule has 0 radical (unpaired) electrons. The van der Waals surface area contributed by atoms with E-state index in [-0.39, 0.29) is 29.7 Å². The summed E-state index contributed by atoms with van der Waals surface area (Å²) < 4.78 is 4.41. The van der Waals surface area contributed by atoms with Crippen LogP contribution in [0.2, 0.25) is 0 Å². The second-order valence-electron chi connectivity index (χ2n) is 6.53. The Hall–Kier alpha value is -5.60. The molecule has 0 aliphatic heterocycles. The van der Waals surface area contributed by atoms with Crippen molar-refractivity contribution >= 4 is 29.8 Å². The lowest BCUT2D eigenvalue weighted by Crippen LogP contribution is -2.24. The van der Waals surface area contributed by atoms with Gasteiger partial charge in [-0.25, -0.2) is 19.2 Å². The SMILES string of the molecule is O=C(O)CCC(=O)OC(=O)c1cccnc1.O=C(O)c1cc(=O)[nH]c(=O)[nH]1.O=C(O)c1ccccc1O. The van der Waals surface area contributed by atoms with Gasteiger partial charge in [0, 0.05) is 18.5 Å². The van der Waals surface area contributed by atoms with E-state index < -0.39 is 46.8 Å². The molecule has 1 aromatic carbocycles. The number of aliphatic carboxylic acids is 1. The minimum absolute atomic E-state index is 0.0671. The van der Waals surface area contributed by atoms with Crippen molar-refractivity contribution in [1.82, 2.24) is 15.0 Å². The molecule has 15 heteroatoms. The number of H-pyrrole nitrogens is 2. The molecule has 2 heterocycles. The molecular formula is C22H19N3O12. The van der Waals surface area contributed by atoms with E-state index >= 15 is 0 Å². The number of hydrogen-bond donors (Lipinski definition) is 6. The average Bonchev–Trinajstić information content (AvgIpc) is 2.83. The first-order valence-corrected chi connectivity index (χ1v) is 9.85. The van der Waals surface area contributed by atoms with E-state index in [1.807, 2.05) is 9.97 Å². The quantitative estimate of drug-likeness (QED) is 0.192. The number of para-hydroxylation sites is 1. The van der Waals surface area contributed by atoms with Crippen LogP contribution in [0.3, 0.4) is 0 Å². The van der Waals surface area contributed by atoms with Gasteiger partial charge in [0.2, 0.25) is 0 Å². The van der Waals surface area contributed by atoms with Crippen molar-refractivity contribution in [2.24, 2.45) is 0 Å². The molecule has 0 saturated heterocycles. The normalized spacial score (nSPS) is 9.41. The number of phenols is 1. The number of ether oxygens (including phenoxy) is 1. The van der Waals surface area contributed by atoms with Gasteiger partial charge in [0.05, 0.1) is 18.4 Å². The summed E-state index contributed by atoms with van der Waals surface area (Å²) in [5.41, 5.74) is -1.89. The zero-order valence-electron chi connectivity index (χ0n) is 18.6. The molecule has 15 nitrogen and oxygen atoms in total. The van der Waals surface area contributed by atoms with Crippen molar-refractivity contribution in [3.05, 3.63) is 92.5 Å². The number of hydrogen-bond acceptors (Lipinski definition) is 10. The molecule has 0 saturated carbocycles. The van der Waals surface area contributed by atoms with Crippen molar-refractivity contribution in [2.75, 3.05) is 0 Å². The summed E-state index contributed by atoms with van der Waals surface area (Å²) in [5.74, 6) is -5.47. The number of aromatic carboxylic acids is 2. The fourth-order valence-corrected chi connectivity index (χ4v) is 2.14. The molecule has 0 aliphatic rings. The van der Waals surface area contributed by atoms with Gasteiger partial charge >= 0.3 is 35.5 Å². The average molecular weight is 517 g/mol. The van der Waals surface area contributed by atoms with Crippen LogP contribution < -0.4 is 11.2 Å². The minimum atomic E-state index is -1.34. The van der Waals surface area contributed by atoms with Crippen molar-refractivity contribution in [1.29, 1.82) is 0 Å². The molecule has 6 N–H and O–H groups in total. The van der Waals surface area contributed by atoms with Gasteiger partial charge in [-0.15, -0.1) is 0 Å². The van der Waals surface area contributed by atoms with E-state index in [0.717, 1.165) is 6.07 Å². The van der Waals surface area contributed by atoms with E-state index in [1.54, 1.807) is 12.1 Å². The summed E-state index contributed by atoms with van der Waals surface area (Å²) in [6, 6.07) is 9.58. The van der Waals surface area contributed by atoms with Crippen LogP contribution in [0, 0.1) is 0 Å². The number of benzene rings is 1. The lowest BCUT2D eigenvalue weighted by Gasteiger charge is -2.00. The fraction of sp³-hybridized carbons (Fsp3) is 0.0909. The first kappa shape index (κ1) is 29.4. The van der Waals surface area contributed by atoms with Crippen LogP contribution in [0.15, 0.2) is 64.4 Å². The van der Waals surface area contributed by atoms with E-state index in [9.17, 15) is 33.6 Å². The summed E-state index contributed by atoms with van der Waals surface area (Å²) in [4.78, 5) is 81.2. The number of aromatic amines is 2. The van der Waals surface area contributed by atoms with Crippen LogP contribution >= 0.6 is 0 Å². The minimum Gasteiger partial charge on any atom is -0.507 e. The maximum absolute atomic E-state index is 11.3. The molecule has 0 unspecified atom stereocenters. The highest BCUT2D eigenvalue weighted by molar-refractivity contribution is 5.97. The molecule has 0 amide bonds. The Morgan fingerprint density at radius 3 is 2.03 bits per heavy atom. The number of nitrogens with zero attached hydrogens (tertiary/aromatic N) is 1. The number of esters is 2. The fourth-order valence-electron chi connectivity index (χ4n) is 2.14. The molecule has 0 atom stereocenters. The molecule has 194 valence electrons. The molecule has 37 heavy (non-hydrogen) atoms. The highest BCUT2D eigenvalue weighted by Gasteiger charge is 2.14. The highest BCUT2D eigenvalue weighted by atomic mass is 16.6. The van der Waals surface area contributed by atoms with Gasteiger partial charge in [0.1, 0.15) is 17.0 Å². The van der Waals surface area contributed by atoms with Crippen LogP contribution in [-0.2, 0) is 14.3 Å². The summed E-state index contributed by atoms with van der Waals surface area (Å²) in [7, 11) is 0. The second kappa shape index (κ2) is 14.6. The number of carboxylic acid groups (broad SMARTS) is 3. The monoisotopic (exact) mass is 517 g/mol. The third-order valence-electron chi connectivity index (χ3n) is 3.77. The number of carbonyl (C=O) groups excluding carboxylic acids is 2. The Morgan fingerprint density at radius 2 is 1.54 bits per heavy atom. The molecular weight excluding hydrogens is 498 g/mol. The number of nitrogens with one attached hydrogen (secondary N) is 2. The molecule has 0 aliphatic carbocycles. The Morgan fingerprint density at radius 1 is 0.865 bits per heavy atom. The van der Waals surface area contributed by atoms with Gasteiger partial charge < -0.3 is 30.1 Å². The predicted molar refractivity (Wildman–Crippen MR) is 121 cm³/mol. The Kier molecular flexibility index (Phi) is 11.6. The zero-order chi connectivity index (χ0) is 28.0. The first-order valence-electron chi connectivity index (χ1n) is 9.85. The smallest absolute Gasteiger partial charge is 0.352 e. The van der Waals surface area contributed by atoms with Gasteiger partial charge in [-0.05, 0) is 24.3 Å². The molecule has 2 aromatic heterocycles. The number of carbonyl (C=O) groups is 5. The number of aromatic nitrogens is 3. The lowest BCUT2D eigenvalue weighted by atomic mass is 10.2. The molecule has 0 fully saturated rings. The van der Waals surface area contributed by atoms with Gasteiger partial charge in [-0.3, -0.25) is 24.4 Å². The third-order valence-corrected chi connectivity index (χ3v) is 3.77. The molecule has 3 aromatic rings. The van der Waals surface area contributed by atoms with E-state index in [2.05, 4.69) is 9.72 Å². The topological polar surface area (TPSA) is 254 Å². The van der Waals surface area contributed by atoms with Gasteiger partial charge in [-0.1, -0.05) is 12.1 Å². The van der Waals surface area contributed by atoms with Crippen LogP contribution in [0.1, 0.15) is 44.0 Å². The summed E-state index contributed by atoms with van der Waals surface area (Å²) in [5, 5.41) is 33.9. The highest BCUT2D eigenvalue weighted by Crippen LogP contribution is 2.14. The molecule has 3 rings (SSSR count). The first-order chi connectivity index (χ1) is 17.4. The van der Waals surface area contributed by atoms with Gasteiger partial charge in [0.25, 0.3) is 5.56 Å².